The number of anilines is 1. The van der Waals surface area contributed by atoms with Gasteiger partial charge in [-0.25, -0.2) is 8.78 Å². The quantitative estimate of drug-likeness (QED) is 0.894. The Morgan fingerprint density at radius 2 is 1.79 bits per heavy atom. The third kappa shape index (κ3) is 2.84. The van der Waals surface area contributed by atoms with Crippen LogP contribution < -0.4 is 10.1 Å². The van der Waals surface area contributed by atoms with Crippen molar-refractivity contribution in [3.8, 4) is 5.75 Å². The first-order valence-electron chi connectivity index (χ1n) is 5.97. The van der Waals surface area contributed by atoms with Crippen molar-refractivity contribution in [2.75, 3.05) is 12.4 Å². The molecule has 2 rings (SSSR count). The van der Waals surface area contributed by atoms with Gasteiger partial charge in [-0.1, -0.05) is 24.3 Å². The van der Waals surface area contributed by atoms with Crippen LogP contribution in [0.15, 0.2) is 42.5 Å². The van der Waals surface area contributed by atoms with E-state index in [0.29, 0.717) is 5.75 Å². The molecule has 100 valence electrons. The maximum absolute atomic E-state index is 13.7. The van der Waals surface area contributed by atoms with Crippen molar-refractivity contribution in [2.45, 2.75) is 13.0 Å². The molecule has 0 radical (unpaired) electrons. The van der Waals surface area contributed by atoms with Gasteiger partial charge in [-0.05, 0) is 25.1 Å². The van der Waals surface area contributed by atoms with Crippen molar-refractivity contribution in [3.63, 3.8) is 0 Å². The lowest BCUT2D eigenvalue weighted by Crippen LogP contribution is -2.10. The van der Waals surface area contributed by atoms with Crippen LogP contribution in [-0.2, 0) is 0 Å². The zero-order valence-corrected chi connectivity index (χ0v) is 10.8. The molecular weight excluding hydrogens is 248 g/mol. The lowest BCUT2D eigenvalue weighted by Gasteiger charge is -2.18. The average molecular weight is 263 g/mol. The third-order valence-electron chi connectivity index (χ3n) is 2.93. The number of benzene rings is 2. The Morgan fingerprint density at radius 3 is 2.53 bits per heavy atom. The average Bonchev–Trinajstić information content (AvgIpc) is 2.42. The van der Waals surface area contributed by atoms with Crippen LogP contribution in [0.1, 0.15) is 18.5 Å². The zero-order valence-electron chi connectivity index (χ0n) is 10.8. The fourth-order valence-electron chi connectivity index (χ4n) is 1.93. The summed E-state index contributed by atoms with van der Waals surface area (Å²) in [5.41, 5.74) is 1.02. The van der Waals surface area contributed by atoms with E-state index in [4.69, 9.17) is 4.74 Å². The summed E-state index contributed by atoms with van der Waals surface area (Å²) in [4.78, 5) is 0. The second kappa shape index (κ2) is 5.69. The monoisotopic (exact) mass is 263 g/mol. The van der Waals surface area contributed by atoms with Crippen LogP contribution in [0.5, 0.6) is 5.75 Å². The molecule has 0 spiro atoms. The summed E-state index contributed by atoms with van der Waals surface area (Å²) in [6, 6.07) is 11.1. The largest absolute Gasteiger partial charge is 0.495 e. The lowest BCUT2D eigenvalue weighted by atomic mass is 10.1. The molecule has 2 aromatic carbocycles. The summed E-state index contributed by atoms with van der Waals surface area (Å²) in [5.74, 6) is -1.00. The Labute approximate surface area is 111 Å². The second-order valence-electron chi connectivity index (χ2n) is 4.21. The van der Waals surface area contributed by atoms with E-state index in [-0.39, 0.29) is 11.6 Å². The topological polar surface area (TPSA) is 21.3 Å². The molecule has 19 heavy (non-hydrogen) atoms. The van der Waals surface area contributed by atoms with Crippen LogP contribution in [0.2, 0.25) is 0 Å². The minimum atomic E-state index is -0.842. The van der Waals surface area contributed by atoms with Crippen LogP contribution in [0, 0.1) is 11.6 Å². The van der Waals surface area contributed by atoms with Crippen molar-refractivity contribution >= 4 is 5.69 Å². The molecule has 2 aromatic rings. The van der Waals surface area contributed by atoms with Crippen LogP contribution in [0.3, 0.4) is 0 Å². The van der Waals surface area contributed by atoms with Crippen LogP contribution in [0.4, 0.5) is 14.5 Å². The zero-order chi connectivity index (χ0) is 13.8. The van der Waals surface area contributed by atoms with Crippen molar-refractivity contribution in [1.29, 1.82) is 0 Å². The van der Waals surface area contributed by atoms with E-state index < -0.39 is 11.6 Å². The van der Waals surface area contributed by atoms with Crippen molar-refractivity contribution in [3.05, 3.63) is 59.7 Å². The van der Waals surface area contributed by atoms with Gasteiger partial charge in [0.25, 0.3) is 0 Å². The Kier molecular flexibility index (Phi) is 4.00. The molecule has 0 fully saturated rings. The van der Waals surface area contributed by atoms with Crippen molar-refractivity contribution in [2.24, 2.45) is 0 Å². The van der Waals surface area contributed by atoms with Gasteiger partial charge in [0.15, 0.2) is 11.6 Å². The number of halogens is 2. The summed E-state index contributed by atoms with van der Waals surface area (Å²) >= 11 is 0. The van der Waals surface area contributed by atoms with Gasteiger partial charge in [-0.2, -0.15) is 0 Å². The number of ether oxygens (including phenoxy) is 1. The summed E-state index contributed by atoms with van der Waals surface area (Å²) < 4.78 is 32.1. The van der Waals surface area contributed by atoms with Crippen LogP contribution in [0.25, 0.3) is 0 Å². The maximum atomic E-state index is 13.7. The molecular formula is C15H15F2NO. The van der Waals surface area contributed by atoms with Gasteiger partial charge < -0.3 is 10.1 Å². The van der Waals surface area contributed by atoms with Crippen molar-refractivity contribution in [1.82, 2.24) is 0 Å². The smallest absolute Gasteiger partial charge is 0.164 e. The van der Waals surface area contributed by atoms with E-state index in [0.717, 1.165) is 11.8 Å². The van der Waals surface area contributed by atoms with E-state index in [9.17, 15) is 8.78 Å². The molecule has 1 N–H and O–H groups in total. The van der Waals surface area contributed by atoms with Gasteiger partial charge in [-0.15, -0.1) is 0 Å². The number of hydrogen-bond acceptors (Lipinski definition) is 2. The number of methoxy groups -OCH3 is 1. The number of hydrogen-bond donors (Lipinski definition) is 1. The molecule has 4 heteroatoms. The molecule has 0 aliphatic carbocycles. The molecule has 0 aliphatic heterocycles. The van der Waals surface area contributed by atoms with E-state index >= 15 is 0 Å². The van der Waals surface area contributed by atoms with E-state index in [1.165, 1.54) is 6.07 Å². The van der Waals surface area contributed by atoms with Gasteiger partial charge in [0.2, 0.25) is 0 Å². The number of para-hydroxylation sites is 2. The fourth-order valence-corrected chi connectivity index (χ4v) is 1.93. The minimum absolute atomic E-state index is 0.283. The normalized spacial score (nSPS) is 12.0. The molecule has 0 amide bonds. The molecule has 0 bridgehead atoms. The summed E-state index contributed by atoms with van der Waals surface area (Å²) in [7, 11) is 1.56. The Morgan fingerprint density at radius 1 is 1.05 bits per heavy atom. The predicted octanol–water partition coefficient (Wildman–Crippen LogP) is 4.15. The first-order valence-corrected chi connectivity index (χ1v) is 5.97. The van der Waals surface area contributed by atoms with Crippen LogP contribution in [-0.4, -0.2) is 7.11 Å². The number of nitrogens with one attached hydrogen (secondary N) is 1. The summed E-state index contributed by atoms with van der Waals surface area (Å²) in [6.07, 6.45) is 0. The standard InChI is InChI=1S/C15H15F2NO/c1-10(11-6-5-7-12(16)15(11)17)18-13-8-3-4-9-14(13)19-2/h3-10,18H,1-2H3. The maximum Gasteiger partial charge on any atom is 0.164 e. The molecule has 0 aromatic heterocycles. The molecule has 0 heterocycles. The highest BCUT2D eigenvalue weighted by Gasteiger charge is 2.15. The van der Waals surface area contributed by atoms with Gasteiger partial charge in [0, 0.05) is 5.56 Å². The molecule has 1 atom stereocenters. The number of rotatable bonds is 4. The SMILES string of the molecule is COc1ccccc1NC(C)c1cccc(F)c1F. The highest BCUT2D eigenvalue weighted by Crippen LogP contribution is 2.28. The molecule has 1 unspecified atom stereocenters. The van der Waals surface area contributed by atoms with E-state index in [2.05, 4.69) is 5.32 Å². The lowest BCUT2D eigenvalue weighted by molar-refractivity contribution is 0.416. The first-order chi connectivity index (χ1) is 9.13. The fraction of sp³-hybridized carbons (Fsp3) is 0.200. The van der Waals surface area contributed by atoms with E-state index in [1.807, 2.05) is 18.2 Å². The molecule has 2 nitrogen and oxygen atoms in total. The van der Waals surface area contributed by atoms with Gasteiger partial charge in [0.05, 0.1) is 18.8 Å². The minimum Gasteiger partial charge on any atom is -0.495 e. The van der Waals surface area contributed by atoms with Crippen molar-refractivity contribution < 1.29 is 13.5 Å². The predicted molar refractivity (Wildman–Crippen MR) is 71.4 cm³/mol. The van der Waals surface area contributed by atoms with Gasteiger partial charge in [-0.3, -0.25) is 0 Å². The molecule has 0 saturated carbocycles. The summed E-state index contributed by atoms with van der Waals surface area (Å²) in [5, 5.41) is 3.11. The molecule has 0 aliphatic rings. The third-order valence-corrected chi connectivity index (χ3v) is 2.93. The van der Waals surface area contributed by atoms with Crippen LogP contribution >= 0.6 is 0 Å². The highest BCUT2D eigenvalue weighted by molar-refractivity contribution is 5.57. The van der Waals surface area contributed by atoms with Gasteiger partial charge in [0.1, 0.15) is 5.75 Å². The second-order valence-corrected chi connectivity index (χ2v) is 4.21. The highest BCUT2D eigenvalue weighted by atomic mass is 19.2. The van der Waals surface area contributed by atoms with E-state index in [1.54, 1.807) is 26.2 Å². The van der Waals surface area contributed by atoms with Gasteiger partial charge >= 0.3 is 0 Å². The Balaban J connectivity index is 2.26. The molecule has 0 saturated heterocycles. The Bertz CT molecular complexity index is 572. The first kappa shape index (κ1) is 13.3. The summed E-state index contributed by atoms with van der Waals surface area (Å²) in [6.45, 7) is 1.77. The Hall–Kier alpha value is -2.10.